The van der Waals surface area contributed by atoms with Crippen LogP contribution in [0.15, 0.2) is 56.8 Å². The van der Waals surface area contributed by atoms with Crippen molar-refractivity contribution < 1.29 is 0 Å². The molecule has 0 saturated carbocycles. The normalized spacial score (nSPS) is 12.8. The molecule has 1 unspecified atom stereocenters. The highest BCUT2D eigenvalue weighted by Crippen LogP contribution is 2.34. The van der Waals surface area contributed by atoms with E-state index < -0.39 is 0 Å². The molecule has 1 atom stereocenters. The predicted molar refractivity (Wildman–Crippen MR) is 92.8 cm³/mol. The lowest BCUT2D eigenvalue weighted by Gasteiger charge is -2.16. The van der Waals surface area contributed by atoms with Crippen LogP contribution in [0.3, 0.4) is 0 Å². The number of thiophene rings is 1. The molecular formula is C15H12Br2N2S. The van der Waals surface area contributed by atoms with Crippen molar-refractivity contribution >= 4 is 54.0 Å². The molecule has 3 rings (SSSR count). The lowest BCUT2D eigenvalue weighted by Crippen LogP contribution is -2.28. The number of rotatable bonds is 3. The molecule has 1 aromatic heterocycles. The molecule has 5 heteroatoms. The van der Waals surface area contributed by atoms with E-state index in [9.17, 15) is 0 Å². The summed E-state index contributed by atoms with van der Waals surface area (Å²) in [5, 5.41) is 4.48. The summed E-state index contributed by atoms with van der Waals surface area (Å²) >= 11 is 8.76. The second kappa shape index (κ2) is 5.95. The van der Waals surface area contributed by atoms with Crippen LogP contribution in [0.25, 0.3) is 10.8 Å². The van der Waals surface area contributed by atoms with Crippen LogP contribution in [0.2, 0.25) is 0 Å². The van der Waals surface area contributed by atoms with Gasteiger partial charge < -0.3 is 0 Å². The van der Waals surface area contributed by atoms with Gasteiger partial charge in [-0.15, -0.1) is 11.3 Å². The van der Waals surface area contributed by atoms with Gasteiger partial charge >= 0.3 is 0 Å². The van der Waals surface area contributed by atoms with Crippen LogP contribution in [0.4, 0.5) is 0 Å². The van der Waals surface area contributed by atoms with Gasteiger partial charge in [-0.1, -0.05) is 34.1 Å². The maximum atomic E-state index is 5.76. The third-order valence-electron chi connectivity index (χ3n) is 3.23. The summed E-state index contributed by atoms with van der Waals surface area (Å²) < 4.78 is 2.17. The summed E-state index contributed by atoms with van der Waals surface area (Å²) in [6.07, 6.45) is 0. The van der Waals surface area contributed by atoms with Gasteiger partial charge in [0.25, 0.3) is 0 Å². The van der Waals surface area contributed by atoms with E-state index >= 15 is 0 Å². The Morgan fingerprint density at radius 3 is 2.45 bits per heavy atom. The Morgan fingerprint density at radius 1 is 1.00 bits per heavy atom. The minimum absolute atomic E-state index is 0.00239. The Hall–Kier alpha value is -0.720. The number of halogens is 2. The van der Waals surface area contributed by atoms with E-state index in [-0.39, 0.29) is 6.04 Å². The zero-order chi connectivity index (χ0) is 14.1. The summed E-state index contributed by atoms with van der Waals surface area (Å²) in [5.74, 6) is 5.76. The molecule has 20 heavy (non-hydrogen) atoms. The van der Waals surface area contributed by atoms with Crippen molar-refractivity contribution in [2.45, 2.75) is 6.04 Å². The summed E-state index contributed by atoms with van der Waals surface area (Å²) in [5.41, 5.74) is 4.07. The lowest BCUT2D eigenvalue weighted by molar-refractivity contribution is 0.645. The fourth-order valence-corrected chi connectivity index (χ4v) is 4.32. The fraction of sp³-hybridized carbons (Fsp3) is 0.0667. The second-order valence-corrected chi connectivity index (χ2v) is 7.20. The highest BCUT2D eigenvalue weighted by Gasteiger charge is 2.17. The van der Waals surface area contributed by atoms with E-state index in [1.54, 1.807) is 11.3 Å². The van der Waals surface area contributed by atoms with E-state index in [1.807, 2.05) is 6.07 Å². The van der Waals surface area contributed by atoms with Crippen molar-refractivity contribution in [2.24, 2.45) is 5.84 Å². The number of nitrogens with two attached hydrogens (primary N) is 1. The molecule has 0 saturated heterocycles. The van der Waals surface area contributed by atoms with E-state index in [4.69, 9.17) is 5.84 Å². The first-order valence-electron chi connectivity index (χ1n) is 6.07. The largest absolute Gasteiger partial charge is 0.271 e. The van der Waals surface area contributed by atoms with E-state index in [0.29, 0.717) is 0 Å². The van der Waals surface area contributed by atoms with Gasteiger partial charge in [0, 0.05) is 13.8 Å². The molecular weight excluding hydrogens is 400 g/mol. The maximum absolute atomic E-state index is 5.76. The van der Waals surface area contributed by atoms with Crippen LogP contribution in [0, 0.1) is 0 Å². The topological polar surface area (TPSA) is 38.0 Å². The SMILES string of the molecule is NNC(c1ccc2cc(Br)ccc2c1)c1sccc1Br. The number of hydrogen-bond acceptors (Lipinski definition) is 3. The van der Waals surface area contributed by atoms with Gasteiger partial charge in [-0.2, -0.15) is 0 Å². The maximum Gasteiger partial charge on any atom is 0.0814 e. The Labute approximate surface area is 138 Å². The molecule has 0 radical (unpaired) electrons. The fourth-order valence-electron chi connectivity index (χ4n) is 2.25. The molecule has 1 heterocycles. The van der Waals surface area contributed by atoms with Crippen molar-refractivity contribution in [3.8, 4) is 0 Å². The van der Waals surface area contributed by atoms with Crippen molar-refractivity contribution in [1.29, 1.82) is 0 Å². The number of hydrazine groups is 1. The highest BCUT2D eigenvalue weighted by molar-refractivity contribution is 9.10. The Balaban J connectivity index is 2.08. The van der Waals surface area contributed by atoms with Crippen molar-refractivity contribution in [1.82, 2.24) is 5.43 Å². The summed E-state index contributed by atoms with van der Waals surface area (Å²) in [4.78, 5) is 1.18. The van der Waals surface area contributed by atoms with Gasteiger partial charge in [0.1, 0.15) is 0 Å². The molecule has 102 valence electrons. The zero-order valence-corrected chi connectivity index (χ0v) is 14.4. The average Bonchev–Trinajstić information content (AvgIpc) is 2.86. The van der Waals surface area contributed by atoms with Crippen LogP contribution >= 0.6 is 43.2 Å². The van der Waals surface area contributed by atoms with Crippen LogP contribution in [0.1, 0.15) is 16.5 Å². The molecule has 0 fully saturated rings. The molecule has 0 amide bonds. The van der Waals surface area contributed by atoms with Gasteiger partial charge in [0.2, 0.25) is 0 Å². The second-order valence-electron chi connectivity index (χ2n) is 4.48. The first-order chi connectivity index (χ1) is 9.69. The lowest BCUT2D eigenvalue weighted by atomic mass is 10.0. The average molecular weight is 412 g/mol. The quantitative estimate of drug-likeness (QED) is 0.471. The van der Waals surface area contributed by atoms with Crippen LogP contribution in [0.5, 0.6) is 0 Å². The smallest absolute Gasteiger partial charge is 0.0814 e. The minimum Gasteiger partial charge on any atom is -0.271 e. The molecule has 0 aliphatic carbocycles. The standard InChI is InChI=1S/C15H12Br2N2S/c16-12-4-3-9-7-11(2-1-10(9)8-12)14(19-18)15-13(17)5-6-20-15/h1-8,14,19H,18H2. The molecule has 3 aromatic rings. The van der Waals surface area contributed by atoms with Crippen LogP contribution in [-0.2, 0) is 0 Å². The number of nitrogens with one attached hydrogen (secondary N) is 1. The molecule has 2 nitrogen and oxygen atoms in total. The predicted octanol–water partition coefficient (Wildman–Crippen LogP) is 4.98. The van der Waals surface area contributed by atoms with Gasteiger partial charge in [-0.25, -0.2) is 5.43 Å². The van der Waals surface area contributed by atoms with Gasteiger partial charge in [-0.05, 0) is 61.9 Å². The zero-order valence-electron chi connectivity index (χ0n) is 10.4. The Morgan fingerprint density at radius 2 is 1.75 bits per heavy atom. The van der Waals surface area contributed by atoms with Gasteiger partial charge in [0.15, 0.2) is 0 Å². The first-order valence-corrected chi connectivity index (χ1v) is 8.54. The Bertz CT molecular complexity index is 754. The molecule has 0 bridgehead atoms. The Kier molecular flexibility index (Phi) is 4.23. The van der Waals surface area contributed by atoms with Crippen molar-refractivity contribution in [3.63, 3.8) is 0 Å². The number of fused-ring (bicyclic) bond motifs is 1. The van der Waals surface area contributed by atoms with Crippen molar-refractivity contribution in [3.05, 3.63) is 67.2 Å². The third kappa shape index (κ3) is 2.69. The van der Waals surface area contributed by atoms with Crippen molar-refractivity contribution in [2.75, 3.05) is 0 Å². The van der Waals surface area contributed by atoms with E-state index in [0.717, 1.165) is 14.5 Å². The summed E-state index contributed by atoms with van der Waals surface area (Å²) in [6.45, 7) is 0. The molecule has 0 spiro atoms. The number of benzene rings is 2. The third-order valence-corrected chi connectivity index (χ3v) is 5.66. The van der Waals surface area contributed by atoms with E-state index in [2.05, 4.69) is 79.1 Å². The molecule has 2 aromatic carbocycles. The van der Waals surface area contributed by atoms with E-state index in [1.165, 1.54) is 15.6 Å². The minimum atomic E-state index is -0.00239. The molecule has 0 aliphatic heterocycles. The first kappa shape index (κ1) is 14.2. The van der Waals surface area contributed by atoms with Gasteiger partial charge in [0.05, 0.1) is 6.04 Å². The number of hydrogen-bond donors (Lipinski definition) is 2. The highest BCUT2D eigenvalue weighted by atomic mass is 79.9. The van der Waals surface area contributed by atoms with Crippen LogP contribution in [-0.4, -0.2) is 0 Å². The summed E-state index contributed by atoms with van der Waals surface area (Å²) in [7, 11) is 0. The molecule has 3 N–H and O–H groups in total. The molecule has 0 aliphatic rings. The summed E-state index contributed by atoms with van der Waals surface area (Å²) in [6, 6.07) is 14.7. The van der Waals surface area contributed by atoms with Crippen LogP contribution < -0.4 is 11.3 Å². The van der Waals surface area contributed by atoms with Gasteiger partial charge in [-0.3, -0.25) is 5.84 Å². The monoisotopic (exact) mass is 410 g/mol.